The molecule has 3 aromatic rings. The number of benzene rings is 2. The first-order chi connectivity index (χ1) is 13.7. The van der Waals surface area contributed by atoms with Gasteiger partial charge in [-0.2, -0.15) is 0 Å². The molecule has 0 atom stereocenters. The third kappa shape index (κ3) is 4.56. The van der Waals surface area contributed by atoms with E-state index in [1.165, 1.54) is 14.2 Å². The van der Waals surface area contributed by atoms with E-state index in [4.69, 9.17) is 14.2 Å². The lowest BCUT2D eigenvalue weighted by molar-refractivity contribution is 0.0940. The quantitative estimate of drug-likeness (QED) is 0.606. The van der Waals surface area contributed by atoms with Crippen molar-refractivity contribution in [3.05, 3.63) is 66.2 Å². The molecular formula is C21H21N3O4. The minimum absolute atomic E-state index is 0.253. The van der Waals surface area contributed by atoms with E-state index in [1.807, 2.05) is 36.4 Å². The van der Waals surface area contributed by atoms with Crippen LogP contribution in [0, 0.1) is 0 Å². The fraction of sp³-hybridized carbons (Fsp3) is 0.190. The number of ether oxygens (including phenoxy) is 3. The third-order valence-corrected chi connectivity index (χ3v) is 4.00. The van der Waals surface area contributed by atoms with Gasteiger partial charge < -0.3 is 19.5 Å². The highest BCUT2D eigenvalue weighted by Crippen LogP contribution is 2.27. The van der Waals surface area contributed by atoms with Crippen LogP contribution in [0.3, 0.4) is 0 Å². The van der Waals surface area contributed by atoms with Crippen LogP contribution in [0.5, 0.6) is 17.4 Å². The molecule has 2 aromatic carbocycles. The van der Waals surface area contributed by atoms with Gasteiger partial charge in [0.05, 0.1) is 26.5 Å². The van der Waals surface area contributed by atoms with Crippen LogP contribution in [0.4, 0.5) is 0 Å². The summed E-state index contributed by atoms with van der Waals surface area (Å²) in [7, 11) is 3.01. The summed E-state index contributed by atoms with van der Waals surface area (Å²) in [4.78, 5) is 12.5. The highest BCUT2D eigenvalue weighted by atomic mass is 16.5. The molecule has 0 aliphatic rings. The standard InChI is InChI=1S/C21H21N3O4/c1-26-17-9-6-10-18(27-2)20(17)21(25)22-13-14-28-19-12-11-16(23-24-19)15-7-4-3-5-8-15/h3-12H,13-14H2,1-2H3,(H,22,25). The first-order valence-electron chi connectivity index (χ1n) is 8.74. The summed E-state index contributed by atoms with van der Waals surface area (Å²) < 4.78 is 16.0. The molecule has 7 nitrogen and oxygen atoms in total. The normalized spacial score (nSPS) is 10.2. The molecule has 144 valence electrons. The topological polar surface area (TPSA) is 82.6 Å². The lowest BCUT2D eigenvalue weighted by Crippen LogP contribution is -2.29. The van der Waals surface area contributed by atoms with Gasteiger partial charge in [-0.3, -0.25) is 4.79 Å². The number of carbonyl (C=O) groups is 1. The summed E-state index contributed by atoms with van der Waals surface area (Å²) >= 11 is 0. The Morgan fingerprint density at radius 1 is 0.893 bits per heavy atom. The van der Waals surface area contributed by atoms with E-state index in [0.717, 1.165) is 11.3 Å². The van der Waals surface area contributed by atoms with Gasteiger partial charge in [-0.1, -0.05) is 36.4 Å². The van der Waals surface area contributed by atoms with Crippen molar-refractivity contribution in [2.24, 2.45) is 0 Å². The van der Waals surface area contributed by atoms with Crippen molar-refractivity contribution in [2.45, 2.75) is 0 Å². The summed E-state index contributed by atoms with van der Waals surface area (Å²) in [6.45, 7) is 0.546. The summed E-state index contributed by atoms with van der Waals surface area (Å²) in [5.74, 6) is 0.979. The van der Waals surface area contributed by atoms with Crippen LogP contribution in [-0.2, 0) is 0 Å². The Labute approximate surface area is 163 Å². The van der Waals surface area contributed by atoms with Gasteiger partial charge in [-0.15, -0.1) is 10.2 Å². The Balaban J connectivity index is 1.53. The second kappa shape index (κ2) is 9.36. The van der Waals surface area contributed by atoms with E-state index in [0.29, 0.717) is 29.5 Å². The molecule has 1 aromatic heterocycles. The Morgan fingerprint density at radius 3 is 2.21 bits per heavy atom. The van der Waals surface area contributed by atoms with Crippen LogP contribution in [-0.4, -0.2) is 43.5 Å². The van der Waals surface area contributed by atoms with Crippen molar-refractivity contribution in [2.75, 3.05) is 27.4 Å². The number of nitrogens with one attached hydrogen (secondary N) is 1. The average molecular weight is 379 g/mol. The molecule has 0 bridgehead atoms. The van der Waals surface area contributed by atoms with Gasteiger partial charge in [0.15, 0.2) is 0 Å². The Hall–Kier alpha value is -3.61. The van der Waals surface area contributed by atoms with E-state index in [9.17, 15) is 4.79 Å². The lowest BCUT2D eigenvalue weighted by Gasteiger charge is -2.13. The van der Waals surface area contributed by atoms with Crippen LogP contribution in [0.25, 0.3) is 11.3 Å². The third-order valence-electron chi connectivity index (χ3n) is 4.00. The summed E-state index contributed by atoms with van der Waals surface area (Å²) in [6.07, 6.45) is 0. The lowest BCUT2D eigenvalue weighted by atomic mass is 10.1. The monoisotopic (exact) mass is 379 g/mol. The molecule has 0 saturated carbocycles. The number of hydrogen-bond acceptors (Lipinski definition) is 6. The van der Waals surface area contributed by atoms with Gasteiger partial charge in [0.1, 0.15) is 23.7 Å². The SMILES string of the molecule is COc1cccc(OC)c1C(=O)NCCOc1ccc(-c2ccccc2)nn1. The van der Waals surface area contributed by atoms with Crippen LogP contribution >= 0.6 is 0 Å². The second-order valence-electron chi connectivity index (χ2n) is 5.76. The van der Waals surface area contributed by atoms with Gasteiger partial charge in [-0.25, -0.2) is 0 Å². The molecule has 1 N–H and O–H groups in total. The molecule has 1 amide bonds. The molecular weight excluding hydrogens is 358 g/mol. The first kappa shape index (κ1) is 19.2. The highest BCUT2D eigenvalue weighted by molar-refractivity contribution is 5.99. The van der Waals surface area contributed by atoms with Crippen LogP contribution < -0.4 is 19.5 Å². The Morgan fingerprint density at radius 2 is 1.61 bits per heavy atom. The maximum Gasteiger partial charge on any atom is 0.258 e. The van der Waals surface area contributed by atoms with Gasteiger partial charge in [0, 0.05) is 11.6 Å². The minimum atomic E-state index is -0.302. The molecule has 0 unspecified atom stereocenters. The molecule has 3 rings (SSSR count). The average Bonchev–Trinajstić information content (AvgIpc) is 2.77. The maximum absolute atomic E-state index is 12.5. The van der Waals surface area contributed by atoms with E-state index in [1.54, 1.807) is 24.3 Å². The maximum atomic E-state index is 12.5. The van der Waals surface area contributed by atoms with Crippen molar-refractivity contribution in [1.29, 1.82) is 0 Å². The second-order valence-corrected chi connectivity index (χ2v) is 5.76. The molecule has 1 heterocycles. The van der Waals surface area contributed by atoms with Gasteiger partial charge in [0.25, 0.3) is 5.91 Å². The number of aromatic nitrogens is 2. The number of rotatable bonds is 8. The van der Waals surface area contributed by atoms with Crippen LogP contribution in [0.2, 0.25) is 0 Å². The van der Waals surface area contributed by atoms with Crippen molar-refractivity contribution in [1.82, 2.24) is 15.5 Å². The predicted molar refractivity (Wildman–Crippen MR) is 105 cm³/mol. The Kier molecular flexibility index (Phi) is 6.41. The number of amides is 1. The fourth-order valence-corrected chi connectivity index (χ4v) is 2.64. The fourth-order valence-electron chi connectivity index (χ4n) is 2.64. The largest absolute Gasteiger partial charge is 0.496 e. The first-order valence-corrected chi connectivity index (χ1v) is 8.74. The van der Waals surface area contributed by atoms with Crippen molar-refractivity contribution in [3.8, 4) is 28.6 Å². The van der Waals surface area contributed by atoms with E-state index in [2.05, 4.69) is 15.5 Å². The van der Waals surface area contributed by atoms with Crippen molar-refractivity contribution >= 4 is 5.91 Å². The summed E-state index contributed by atoms with van der Waals surface area (Å²) in [5.41, 5.74) is 2.10. The van der Waals surface area contributed by atoms with Gasteiger partial charge in [0.2, 0.25) is 5.88 Å². The molecule has 0 fully saturated rings. The van der Waals surface area contributed by atoms with E-state index in [-0.39, 0.29) is 12.5 Å². The van der Waals surface area contributed by atoms with E-state index < -0.39 is 0 Å². The molecule has 0 aliphatic heterocycles. The van der Waals surface area contributed by atoms with E-state index >= 15 is 0 Å². The molecule has 28 heavy (non-hydrogen) atoms. The zero-order valence-corrected chi connectivity index (χ0v) is 15.7. The Bertz CT molecular complexity index is 892. The summed E-state index contributed by atoms with van der Waals surface area (Å²) in [6, 6.07) is 18.5. The molecule has 0 radical (unpaired) electrons. The van der Waals surface area contributed by atoms with Gasteiger partial charge >= 0.3 is 0 Å². The number of hydrogen-bond donors (Lipinski definition) is 1. The number of carbonyl (C=O) groups excluding carboxylic acids is 1. The minimum Gasteiger partial charge on any atom is -0.496 e. The van der Waals surface area contributed by atoms with Crippen LogP contribution in [0.1, 0.15) is 10.4 Å². The van der Waals surface area contributed by atoms with Crippen LogP contribution in [0.15, 0.2) is 60.7 Å². The zero-order valence-electron chi connectivity index (χ0n) is 15.7. The highest BCUT2D eigenvalue weighted by Gasteiger charge is 2.17. The van der Waals surface area contributed by atoms with Crippen molar-refractivity contribution in [3.63, 3.8) is 0 Å². The molecule has 0 aliphatic carbocycles. The van der Waals surface area contributed by atoms with Crippen molar-refractivity contribution < 1.29 is 19.0 Å². The number of methoxy groups -OCH3 is 2. The predicted octanol–water partition coefficient (Wildman–Crippen LogP) is 2.97. The molecule has 7 heteroatoms. The van der Waals surface area contributed by atoms with Gasteiger partial charge in [-0.05, 0) is 18.2 Å². The molecule has 0 saturated heterocycles. The zero-order chi connectivity index (χ0) is 19.8. The number of nitrogens with zero attached hydrogens (tertiary/aromatic N) is 2. The molecule has 0 spiro atoms. The smallest absolute Gasteiger partial charge is 0.258 e. The summed E-state index contributed by atoms with van der Waals surface area (Å²) in [5, 5.41) is 11.0.